The van der Waals surface area contributed by atoms with Crippen LogP contribution < -0.4 is 11.5 Å². The number of nitrogens with one attached hydrogen (secondary N) is 1. The van der Waals surface area contributed by atoms with Crippen LogP contribution in [0, 0.1) is 5.92 Å². The Morgan fingerprint density at radius 2 is 1.82 bits per heavy atom. The van der Waals surface area contributed by atoms with Crippen LogP contribution in [0.15, 0.2) is 51.7 Å². The number of hydrogen-bond donors (Lipinski definition) is 2. The molecule has 8 nitrogen and oxygen atoms in total. The normalized spacial score (nSPS) is 15.6. The fraction of sp³-hybridized carbons (Fsp3) is 0.375. The maximum atomic E-state index is 13.0. The molecule has 2 aromatic carbocycles. The fourth-order valence-electron chi connectivity index (χ4n) is 4.15. The van der Waals surface area contributed by atoms with E-state index < -0.39 is 5.76 Å². The van der Waals surface area contributed by atoms with Gasteiger partial charge in [0.15, 0.2) is 11.4 Å². The van der Waals surface area contributed by atoms with Crippen LogP contribution in [0.4, 0.5) is 0 Å². The molecule has 1 unspecified atom stereocenters. The monoisotopic (exact) mass is 470 g/mol. The summed E-state index contributed by atoms with van der Waals surface area (Å²) in [5.41, 5.74) is 8.42. The molecule has 9 heteroatoms. The van der Waals surface area contributed by atoms with Gasteiger partial charge < -0.3 is 15.1 Å². The standard InChI is InChI=1S/C24H27ClN4O4/c25-19-4-1-16(2-5-19)13-18(15-26)23(31)29-11-9-28(10-12-29)8-7-21(30)17-3-6-20-22(14-17)33-24(32)27-20/h1-6,14,18H,7-13,15,26H2,(H,27,32). The molecular weight excluding hydrogens is 444 g/mol. The summed E-state index contributed by atoms with van der Waals surface area (Å²) in [6.45, 7) is 3.56. The summed E-state index contributed by atoms with van der Waals surface area (Å²) in [6, 6.07) is 12.5. The van der Waals surface area contributed by atoms with E-state index in [-0.39, 0.29) is 17.6 Å². The van der Waals surface area contributed by atoms with E-state index in [0.717, 1.165) is 5.56 Å². The Morgan fingerprint density at radius 1 is 1.09 bits per heavy atom. The molecular formula is C24H27ClN4O4. The van der Waals surface area contributed by atoms with Crippen molar-refractivity contribution in [2.24, 2.45) is 11.7 Å². The van der Waals surface area contributed by atoms with E-state index in [2.05, 4.69) is 9.88 Å². The van der Waals surface area contributed by atoms with E-state index in [1.54, 1.807) is 18.2 Å². The van der Waals surface area contributed by atoms with Crippen molar-refractivity contribution in [3.05, 3.63) is 69.2 Å². The number of H-pyrrole nitrogens is 1. The van der Waals surface area contributed by atoms with Gasteiger partial charge in [0, 0.05) is 56.3 Å². The summed E-state index contributed by atoms with van der Waals surface area (Å²) in [5.74, 6) is -0.732. The fourth-order valence-corrected chi connectivity index (χ4v) is 4.28. The summed E-state index contributed by atoms with van der Waals surface area (Å²) in [7, 11) is 0. The second-order valence-electron chi connectivity index (χ2n) is 8.33. The van der Waals surface area contributed by atoms with Gasteiger partial charge in [0.2, 0.25) is 5.91 Å². The van der Waals surface area contributed by atoms with Crippen molar-refractivity contribution >= 4 is 34.4 Å². The van der Waals surface area contributed by atoms with E-state index in [1.165, 1.54) is 0 Å². The Kier molecular flexibility index (Phi) is 7.27. The first-order valence-electron chi connectivity index (χ1n) is 11.0. The zero-order valence-corrected chi connectivity index (χ0v) is 19.0. The Hall–Kier alpha value is -2.94. The molecule has 0 saturated carbocycles. The Morgan fingerprint density at radius 3 is 2.52 bits per heavy atom. The second kappa shape index (κ2) is 10.3. The van der Waals surface area contributed by atoms with Gasteiger partial charge in [0.05, 0.1) is 11.4 Å². The molecule has 1 atom stereocenters. The van der Waals surface area contributed by atoms with Crippen LogP contribution in [0.5, 0.6) is 0 Å². The molecule has 3 aromatic rings. The summed E-state index contributed by atoms with van der Waals surface area (Å²) in [4.78, 5) is 43.5. The van der Waals surface area contributed by atoms with Crippen LogP contribution >= 0.6 is 11.6 Å². The number of carbonyl (C=O) groups excluding carboxylic acids is 2. The van der Waals surface area contributed by atoms with E-state index in [4.69, 9.17) is 21.8 Å². The number of oxazole rings is 1. The topological polar surface area (TPSA) is 113 Å². The van der Waals surface area contributed by atoms with Crippen LogP contribution in [0.2, 0.25) is 5.02 Å². The predicted octanol–water partition coefficient (Wildman–Crippen LogP) is 2.31. The zero-order chi connectivity index (χ0) is 23.4. The molecule has 1 fully saturated rings. The highest BCUT2D eigenvalue weighted by atomic mass is 35.5. The summed E-state index contributed by atoms with van der Waals surface area (Å²) in [6.07, 6.45) is 0.947. The summed E-state index contributed by atoms with van der Waals surface area (Å²) < 4.78 is 5.03. The predicted molar refractivity (Wildman–Crippen MR) is 127 cm³/mol. The minimum absolute atomic E-state index is 0.00887. The van der Waals surface area contributed by atoms with Crippen molar-refractivity contribution in [3.8, 4) is 0 Å². The number of fused-ring (bicyclic) bond motifs is 1. The first kappa shape index (κ1) is 23.2. The maximum Gasteiger partial charge on any atom is 0.417 e. The highest BCUT2D eigenvalue weighted by Crippen LogP contribution is 2.17. The Balaban J connectivity index is 1.26. The van der Waals surface area contributed by atoms with Crippen molar-refractivity contribution in [2.75, 3.05) is 39.3 Å². The number of aromatic amines is 1. The number of aromatic nitrogens is 1. The van der Waals surface area contributed by atoms with Crippen LogP contribution in [0.3, 0.4) is 0 Å². The number of nitrogens with zero attached hydrogens (tertiary/aromatic N) is 2. The average Bonchev–Trinajstić information content (AvgIpc) is 3.21. The van der Waals surface area contributed by atoms with Gasteiger partial charge in [-0.1, -0.05) is 23.7 Å². The van der Waals surface area contributed by atoms with Gasteiger partial charge in [-0.05, 0) is 42.3 Å². The largest absolute Gasteiger partial charge is 0.417 e. The van der Waals surface area contributed by atoms with Gasteiger partial charge in [-0.15, -0.1) is 0 Å². The van der Waals surface area contributed by atoms with Crippen LogP contribution in [0.25, 0.3) is 11.1 Å². The van der Waals surface area contributed by atoms with E-state index in [0.29, 0.717) is 73.8 Å². The number of amides is 1. The number of carbonyl (C=O) groups is 2. The van der Waals surface area contributed by atoms with Gasteiger partial charge in [0.25, 0.3) is 0 Å². The molecule has 0 bridgehead atoms. The molecule has 1 aliphatic heterocycles. The second-order valence-corrected chi connectivity index (χ2v) is 8.77. The van der Waals surface area contributed by atoms with Gasteiger partial charge in [-0.3, -0.25) is 19.5 Å². The Bertz CT molecular complexity index is 1180. The lowest BCUT2D eigenvalue weighted by Gasteiger charge is -2.36. The molecule has 0 radical (unpaired) electrons. The quantitative estimate of drug-likeness (QED) is 0.488. The lowest BCUT2D eigenvalue weighted by Crippen LogP contribution is -2.51. The number of piperazine rings is 1. The van der Waals surface area contributed by atoms with Crippen molar-refractivity contribution < 1.29 is 14.0 Å². The van der Waals surface area contributed by atoms with Crippen molar-refractivity contribution in [1.82, 2.24) is 14.8 Å². The number of benzene rings is 2. The molecule has 1 aromatic heterocycles. The number of rotatable bonds is 8. The van der Waals surface area contributed by atoms with E-state index in [9.17, 15) is 14.4 Å². The minimum atomic E-state index is -0.535. The molecule has 3 N–H and O–H groups in total. The lowest BCUT2D eigenvalue weighted by atomic mass is 9.97. The molecule has 0 spiro atoms. The first-order valence-corrected chi connectivity index (χ1v) is 11.4. The zero-order valence-electron chi connectivity index (χ0n) is 18.3. The van der Waals surface area contributed by atoms with Gasteiger partial charge in [-0.25, -0.2) is 4.79 Å². The molecule has 4 rings (SSSR count). The molecule has 1 saturated heterocycles. The number of Topliss-reactive ketones (excluding diaryl/α,β-unsaturated/α-hetero) is 1. The average molecular weight is 471 g/mol. The van der Waals surface area contributed by atoms with Crippen LogP contribution in [0.1, 0.15) is 22.3 Å². The van der Waals surface area contributed by atoms with Crippen molar-refractivity contribution in [1.29, 1.82) is 0 Å². The summed E-state index contributed by atoms with van der Waals surface area (Å²) in [5, 5.41) is 0.667. The first-order chi connectivity index (χ1) is 15.9. The molecule has 0 aliphatic carbocycles. The van der Waals surface area contributed by atoms with Gasteiger partial charge >= 0.3 is 5.76 Å². The van der Waals surface area contributed by atoms with Crippen LogP contribution in [-0.4, -0.2) is 65.7 Å². The minimum Gasteiger partial charge on any atom is -0.408 e. The highest BCUT2D eigenvalue weighted by Gasteiger charge is 2.27. The lowest BCUT2D eigenvalue weighted by molar-refractivity contribution is -0.137. The van der Waals surface area contributed by atoms with Crippen molar-refractivity contribution in [2.45, 2.75) is 12.8 Å². The highest BCUT2D eigenvalue weighted by molar-refractivity contribution is 6.30. The number of ketones is 1. The van der Waals surface area contributed by atoms with Gasteiger partial charge in [0.1, 0.15) is 0 Å². The molecule has 33 heavy (non-hydrogen) atoms. The molecule has 1 aliphatic rings. The SMILES string of the molecule is NCC(Cc1ccc(Cl)cc1)C(=O)N1CCN(CCC(=O)c2ccc3[nH]c(=O)oc3c2)CC1. The van der Waals surface area contributed by atoms with Gasteiger partial charge in [-0.2, -0.15) is 0 Å². The number of halogens is 1. The van der Waals surface area contributed by atoms with E-state index in [1.807, 2.05) is 29.2 Å². The van der Waals surface area contributed by atoms with E-state index >= 15 is 0 Å². The summed E-state index contributed by atoms with van der Waals surface area (Å²) >= 11 is 5.94. The molecule has 1 amide bonds. The molecule has 2 heterocycles. The maximum absolute atomic E-state index is 13.0. The number of hydrogen-bond acceptors (Lipinski definition) is 6. The third-order valence-corrected chi connectivity index (χ3v) is 6.36. The Labute approximate surface area is 196 Å². The third-order valence-electron chi connectivity index (χ3n) is 6.11. The number of nitrogens with two attached hydrogens (primary N) is 1. The van der Waals surface area contributed by atoms with Crippen LogP contribution in [-0.2, 0) is 11.2 Å². The third kappa shape index (κ3) is 5.71. The smallest absolute Gasteiger partial charge is 0.408 e. The molecule has 174 valence electrons. The van der Waals surface area contributed by atoms with Crippen molar-refractivity contribution in [3.63, 3.8) is 0 Å².